The summed E-state index contributed by atoms with van der Waals surface area (Å²) in [4.78, 5) is 3.82. The molecule has 1 unspecified atom stereocenters. The van der Waals surface area contributed by atoms with Crippen molar-refractivity contribution in [3.8, 4) is 0 Å². The number of nitrogens with zero attached hydrogens (tertiary/aromatic N) is 1. The van der Waals surface area contributed by atoms with Gasteiger partial charge in [-0.1, -0.05) is 17.7 Å². The number of hydrogen-bond donors (Lipinski definition) is 1. The first-order valence-electron chi connectivity index (χ1n) is 5.29. The summed E-state index contributed by atoms with van der Waals surface area (Å²) >= 11 is 5.62. The van der Waals surface area contributed by atoms with Crippen molar-refractivity contribution < 1.29 is 13.9 Å². The van der Waals surface area contributed by atoms with Gasteiger partial charge in [0, 0.05) is 12.6 Å². The van der Waals surface area contributed by atoms with Crippen LogP contribution in [0.3, 0.4) is 0 Å². The highest BCUT2D eigenvalue weighted by Gasteiger charge is 2.12. The van der Waals surface area contributed by atoms with Crippen LogP contribution in [0, 0.1) is 11.6 Å². The lowest BCUT2D eigenvalue weighted by Gasteiger charge is -2.11. The van der Waals surface area contributed by atoms with E-state index in [0.717, 1.165) is 18.2 Å². The predicted molar refractivity (Wildman–Crippen MR) is 64.3 cm³/mol. The first-order chi connectivity index (χ1) is 8.56. The van der Waals surface area contributed by atoms with Gasteiger partial charge in [0.05, 0.1) is 6.10 Å². The van der Waals surface area contributed by atoms with E-state index < -0.39 is 17.7 Å². The summed E-state index contributed by atoms with van der Waals surface area (Å²) in [5.41, 5.74) is 0.625. The number of benzene rings is 1. The first kappa shape index (κ1) is 12.9. The van der Waals surface area contributed by atoms with Crippen LogP contribution in [0.2, 0.25) is 5.15 Å². The Balaban J connectivity index is 2.18. The van der Waals surface area contributed by atoms with E-state index in [2.05, 4.69) is 4.98 Å². The SMILES string of the molecule is OC(Cc1cc(F)ccc1F)c1ccc(Cl)nc1. The van der Waals surface area contributed by atoms with E-state index in [1.54, 1.807) is 6.07 Å². The normalized spacial score (nSPS) is 12.4. The predicted octanol–water partition coefficient (Wildman–Crippen LogP) is 3.29. The summed E-state index contributed by atoms with van der Waals surface area (Å²) < 4.78 is 26.4. The third-order valence-electron chi connectivity index (χ3n) is 2.56. The topological polar surface area (TPSA) is 33.1 Å². The zero-order valence-electron chi connectivity index (χ0n) is 9.28. The lowest BCUT2D eigenvalue weighted by Crippen LogP contribution is -2.04. The van der Waals surface area contributed by atoms with Gasteiger partial charge in [-0.2, -0.15) is 0 Å². The maximum atomic E-state index is 13.4. The first-order valence-corrected chi connectivity index (χ1v) is 5.67. The lowest BCUT2D eigenvalue weighted by atomic mass is 10.0. The molecule has 0 fully saturated rings. The van der Waals surface area contributed by atoms with Crippen molar-refractivity contribution in [3.63, 3.8) is 0 Å². The van der Waals surface area contributed by atoms with Crippen LogP contribution < -0.4 is 0 Å². The standard InChI is InChI=1S/C13H10ClF2NO/c14-13-4-1-8(7-17-13)12(18)6-9-5-10(15)2-3-11(9)16/h1-5,7,12,18H,6H2. The van der Waals surface area contributed by atoms with Gasteiger partial charge in [0.25, 0.3) is 0 Å². The smallest absolute Gasteiger partial charge is 0.129 e. The van der Waals surface area contributed by atoms with Crippen molar-refractivity contribution in [2.24, 2.45) is 0 Å². The number of halogens is 3. The Morgan fingerprint density at radius 1 is 1.22 bits per heavy atom. The minimum Gasteiger partial charge on any atom is -0.388 e. The molecular weight excluding hydrogens is 260 g/mol. The monoisotopic (exact) mass is 269 g/mol. The van der Waals surface area contributed by atoms with Gasteiger partial charge in [-0.15, -0.1) is 0 Å². The lowest BCUT2D eigenvalue weighted by molar-refractivity contribution is 0.176. The average Bonchev–Trinajstić information content (AvgIpc) is 2.34. The van der Waals surface area contributed by atoms with Crippen LogP contribution in [0.15, 0.2) is 36.5 Å². The molecule has 2 rings (SSSR count). The molecule has 94 valence electrons. The third-order valence-corrected chi connectivity index (χ3v) is 2.78. The molecule has 0 bridgehead atoms. The fourth-order valence-corrected chi connectivity index (χ4v) is 1.72. The van der Waals surface area contributed by atoms with Crippen molar-refractivity contribution in [2.45, 2.75) is 12.5 Å². The molecule has 2 aromatic rings. The molecular formula is C13H10ClF2NO. The van der Waals surface area contributed by atoms with Crippen LogP contribution in [0.4, 0.5) is 8.78 Å². The van der Waals surface area contributed by atoms with E-state index in [9.17, 15) is 13.9 Å². The van der Waals surface area contributed by atoms with E-state index in [0.29, 0.717) is 10.7 Å². The Morgan fingerprint density at radius 2 is 2.00 bits per heavy atom. The van der Waals surface area contributed by atoms with E-state index >= 15 is 0 Å². The molecule has 2 nitrogen and oxygen atoms in total. The molecule has 5 heteroatoms. The van der Waals surface area contributed by atoms with E-state index in [1.165, 1.54) is 12.3 Å². The summed E-state index contributed by atoms with van der Waals surface area (Å²) in [6.45, 7) is 0. The van der Waals surface area contributed by atoms with Gasteiger partial charge < -0.3 is 5.11 Å². The highest BCUT2D eigenvalue weighted by atomic mass is 35.5. The minimum atomic E-state index is -0.953. The molecule has 0 spiro atoms. The summed E-state index contributed by atoms with van der Waals surface area (Å²) in [6, 6.07) is 6.27. The molecule has 0 radical (unpaired) electrons. The van der Waals surface area contributed by atoms with Gasteiger partial charge in [-0.25, -0.2) is 13.8 Å². The van der Waals surface area contributed by atoms with Crippen LogP contribution in [-0.4, -0.2) is 10.1 Å². The molecule has 1 aromatic heterocycles. The Kier molecular flexibility index (Phi) is 3.89. The van der Waals surface area contributed by atoms with Crippen LogP contribution in [0.5, 0.6) is 0 Å². The number of hydrogen-bond acceptors (Lipinski definition) is 2. The Hall–Kier alpha value is -1.52. The van der Waals surface area contributed by atoms with E-state index in [-0.39, 0.29) is 12.0 Å². The van der Waals surface area contributed by atoms with Crippen molar-refractivity contribution >= 4 is 11.6 Å². The highest BCUT2D eigenvalue weighted by molar-refractivity contribution is 6.29. The fraction of sp³-hybridized carbons (Fsp3) is 0.154. The van der Waals surface area contributed by atoms with Gasteiger partial charge in [-0.05, 0) is 35.4 Å². The molecule has 1 N–H and O–H groups in total. The molecule has 0 saturated heterocycles. The largest absolute Gasteiger partial charge is 0.388 e. The maximum absolute atomic E-state index is 13.4. The molecule has 0 aliphatic heterocycles. The number of pyridine rings is 1. The summed E-state index contributed by atoms with van der Waals surface area (Å²) in [5.74, 6) is -1.08. The highest BCUT2D eigenvalue weighted by Crippen LogP contribution is 2.21. The van der Waals surface area contributed by atoms with Crippen molar-refractivity contribution in [1.82, 2.24) is 4.98 Å². The quantitative estimate of drug-likeness (QED) is 0.868. The number of aliphatic hydroxyl groups excluding tert-OH is 1. The summed E-state index contributed by atoms with van der Waals surface area (Å²) in [5, 5.41) is 10.2. The second-order valence-electron chi connectivity index (χ2n) is 3.87. The van der Waals surface area contributed by atoms with Crippen LogP contribution >= 0.6 is 11.6 Å². The zero-order chi connectivity index (χ0) is 13.1. The van der Waals surface area contributed by atoms with Crippen LogP contribution in [0.1, 0.15) is 17.2 Å². The number of aliphatic hydroxyl groups is 1. The van der Waals surface area contributed by atoms with E-state index in [4.69, 9.17) is 11.6 Å². The molecule has 0 saturated carbocycles. The maximum Gasteiger partial charge on any atom is 0.129 e. The minimum absolute atomic E-state index is 0.0209. The van der Waals surface area contributed by atoms with Gasteiger partial charge in [-0.3, -0.25) is 0 Å². The molecule has 1 atom stereocenters. The van der Waals surface area contributed by atoms with Gasteiger partial charge in [0.15, 0.2) is 0 Å². The molecule has 1 heterocycles. The van der Waals surface area contributed by atoms with Gasteiger partial charge >= 0.3 is 0 Å². The number of aromatic nitrogens is 1. The Morgan fingerprint density at radius 3 is 2.67 bits per heavy atom. The third kappa shape index (κ3) is 3.03. The summed E-state index contributed by atoms with van der Waals surface area (Å²) in [7, 11) is 0. The molecule has 0 aliphatic rings. The van der Waals surface area contributed by atoms with Gasteiger partial charge in [0.2, 0.25) is 0 Å². The molecule has 0 aliphatic carbocycles. The van der Waals surface area contributed by atoms with Gasteiger partial charge in [0.1, 0.15) is 16.8 Å². The second-order valence-corrected chi connectivity index (χ2v) is 4.26. The van der Waals surface area contributed by atoms with Crippen molar-refractivity contribution in [3.05, 3.63) is 64.4 Å². The van der Waals surface area contributed by atoms with E-state index in [1.807, 2.05) is 0 Å². The Labute approximate surface area is 108 Å². The molecule has 18 heavy (non-hydrogen) atoms. The number of rotatable bonds is 3. The van der Waals surface area contributed by atoms with Crippen LogP contribution in [0.25, 0.3) is 0 Å². The van der Waals surface area contributed by atoms with Crippen molar-refractivity contribution in [2.75, 3.05) is 0 Å². The van der Waals surface area contributed by atoms with Crippen LogP contribution in [-0.2, 0) is 6.42 Å². The fourth-order valence-electron chi connectivity index (χ4n) is 1.61. The molecule has 0 amide bonds. The summed E-state index contributed by atoms with van der Waals surface area (Å²) in [6.07, 6.45) is 0.433. The Bertz CT molecular complexity index is 545. The average molecular weight is 270 g/mol. The van der Waals surface area contributed by atoms with Crippen molar-refractivity contribution in [1.29, 1.82) is 0 Å². The molecule has 1 aromatic carbocycles. The zero-order valence-corrected chi connectivity index (χ0v) is 10.0. The second kappa shape index (κ2) is 5.42.